The van der Waals surface area contributed by atoms with Crippen LogP contribution in [0.4, 0.5) is 0 Å². The number of carbonyl (C=O) groups is 1. The highest BCUT2D eigenvalue weighted by molar-refractivity contribution is 9.10. The zero-order chi connectivity index (χ0) is 25.9. The predicted octanol–water partition coefficient (Wildman–Crippen LogP) is 5.31. The number of benzene rings is 1. The first-order valence-corrected chi connectivity index (χ1v) is 13.8. The highest BCUT2D eigenvalue weighted by Gasteiger charge is 2.39. The van der Waals surface area contributed by atoms with E-state index in [4.69, 9.17) is 4.84 Å². The minimum Gasteiger partial charge on any atom is -0.396 e. The van der Waals surface area contributed by atoms with E-state index in [2.05, 4.69) is 67.1 Å². The first-order chi connectivity index (χ1) is 17.2. The number of rotatable bonds is 6. The van der Waals surface area contributed by atoms with Crippen molar-refractivity contribution in [2.45, 2.75) is 65.8 Å². The van der Waals surface area contributed by atoms with Crippen LogP contribution in [0, 0.1) is 26.7 Å². The SMILES string of the molecule is CCO/N=C(/c1ccc(Br)cc1)C1CCN(C2(C)CCN(C(=O)c3c(C)nc(C)nc3C)CC2)CC1. The van der Waals surface area contributed by atoms with E-state index in [0.717, 1.165) is 79.0 Å². The largest absolute Gasteiger partial charge is 0.396 e. The molecule has 4 rings (SSSR count). The molecule has 0 saturated carbocycles. The molecule has 1 aromatic heterocycles. The van der Waals surface area contributed by atoms with Gasteiger partial charge in [-0.05, 0) is 91.1 Å². The molecule has 3 heterocycles. The van der Waals surface area contributed by atoms with E-state index in [-0.39, 0.29) is 11.4 Å². The predicted molar refractivity (Wildman–Crippen MR) is 146 cm³/mol. The van der Waals surface area contributed by atoms with E-state index in [1.54, 1.807) is 0 Å². The lowest BCUT2D eigenvalue weighted by Crippen LogP contribution is -2.56. The molecule has 1 amide bonds. The second-order valence-electron chi connectivity index (χ2n) is 10.3. The van der Waals surface area contributed by atoms with Crippen LogP contribution < -0.4 is 0 Å². The van der Waals surface area contributed by atoms with Gasteiger partial charge in [0.1, 0.15) is 12.4 Å². The topological polar surface area (TPSA) is 70.9 Å². The maximum Gasteiger partial charge on any atom is 0.257 e. The van der Waals surface area contributed by atoms with Gasteiger partial charge in [-0.1, -0.05) is 33.2 Å². The Bertz CT molecular complexity index is 1080. The number of amides is 1. The van der Waals surface area contributed by atoms with Crippen molar-refractivity contribution in [3.63, 3.8) is 0 Å². The second-order valence-corrected chi connectivity index (χ2v) is 11.2. The van der Waals surface area contributed by atoms with Gasteiger partial charge in [0, 0.05) is 29.0 Å². The first kappa shape index (κ1) is 26.7. The van der Waals surface area contributed by atoms with Crippen LogP contribution in [-0.2, 0) is 4.84 Å². The van der Waals surface area contributed by atoms with Gasteiger partial charge in [-0.25, -0.2) is 9.97 Å². The van der Waals surface area contributed by atoms with Crippen molar-refractivity contribution in [2.75, 3.05) is 32.8 Å². The van der Waals surface area contributed by atoms with Crippen molar-refractivity contribution >= 4 is 27.5 Å². The monoisotopic (exact) mass is 555 g/mol. The number of likely N-dealkylation sites (tertiary alicyclic amines) is 2. The Balaban J connectivity index is 1.38. The van der Waals surface area contributed by atoms with E-state index >= 15 is 0 Å². The summed E-state index contributed by atoms with van der Waals surface area (Å²) in [5, 5.41) is 4.53. The lowest BCUT2D eigenvalue weighted by Gasteiger charge is -2.49. The average Bonchev–Trinajstić information content (AvgIpc) is 2.85. The van der Waals surface area contributed by atoms with E-state index in [9.17, 15) is 4.79 Å². The molecular formula is C28H38BrN5O2. The number of halogens is 1. The summed E-state index contributed by atoms with van der Waals surface area (Å²) in [5.41, 5.74) is 4.50. The van der Waals surface area contributed by atoms with Crippen LogP contribution >= 0.6 is 15.9 Å². The molecule has 8 heteroatoms. The summed E-state index contributed by atoms with van der Waals surface area (Å²) in [6.45, 7) is 14.2. The summed E-state index contributed by atoms with van der Waals surface area (Å²) in [4.78, 5) is 32.3. The van der Waals surface area contributed by atoms with Crippen LogP contribution in [0.15, 0.2) is 33.9 Å². The second kappa shape index (κ2) is 11.4. The third-order valence-corrected chi connectivity index (χ3v) is 8.33. The third kappa shape index (κ3) is 5.80. The van der Waals surface area contributed by atoms with Gasteiger partial charge in [-0.2, -0.15) is 0 Å². The van der Waals surface area contributed by atoms with E-state index in [1.165, 1.54) is 0 Å². The Hall–Kier alpha value is -2.32. The van der Waals surface area contributed by atoms with Crippen molar-refractivity contribution in [1.29, 1.82) is 0 Å². The van der Waals surface area contributed by atoms with Gasteiger partial charge in [-0.3, -0.25) is 9.69 Å². The number of piperidine rings is 2. The van der Waals surface area contributed by atoms with Crippen molar-refractivity contribution in [1.82, 2.24) is 19.8 Å². The lowest BCUT2D eigenvalue weighted by molar-refractivity contribution is 0.0161. The van der Waals surface area contributed by atoms with Gasteiger partial charge in [0.05, 0.1) is 22.7 Å². The van der Waals surface area contributed by atoms with Crippen LogP contribution in [0.25, 0.3) is 0 Å². The Morgan fingerprint density at radius 1 is 1.06 bits per heavy atom. The highest BCUT2D eigenvalue weighted by atomic mass is 79.9. The third-order valence-electron chi connectivity index (χ3n) is 7.80. The zero-order valence-corrected chi connectivity index (χ0v) is 23.8. The molecule has 2 saturated heterocycles. The number of carbonyl (C=O) groups excluding carboxylic acids is 1. The number of oxime groups is 1. The molecule has 1 aromatic carbocycles. The molecule has 194 valence electrons. The summed E-state index contributed by atoms with van der Waals surface area (Å²) >= 11 is 3.53. The summed E-state index contributed by atoms with van der Waals surface area (Å²) < 4.78 is 1.06. The Kier molecular flexibility index (Phi) is 8.45. The molecule has 0 atom stereocenters. The molecular weight excluding hydrogens is 518 g/mol. The molecule has 2 fully saturated rings. The Morgan fingerprint density at radius 2 is 1.64 bits per heavy atom. The normalized spacial score (nSPS) is 19.4. The molecule has 2 aromatic rings. The van der Waals surface area contributed by atoms with Gasteiger partial charge >= 0.3 is 0 Å². The van der Waals surface area contributed by atoms with Gasteiger partial charge in [-0.15, -0.1) is 0 Å². The van der Waals surface area contributed by atoms with Gasteiger partial charge in [0.2, 0.25) is 0 Å². The number of hydrogen-bond donors (Lipinski definition) is 0. The maximum absolute atomic E-state index is 13.3. The minimum absolute atomic E-state index is 0.0667. The highest BCUT2D eigenvalue weighted by Crippen LogP contribution is 2.34. The van der Waals surface area contributed by atoms with Gasteiger partial charge in [0.15, 0.2) is 0 Å². The van der Waals surface area contributed by atoms with Crippen LogP contribution in [0.2, 0.25) is 0 Å². The minimum atomic E-state index is 0.0667. The Labute approximate surface area is 223 Å². The van der Waals surface area contributed by atoms with E-state index in [0.29, 0.717) is 23.9 Å². The summed E-state index contributed by atoms with van der Waals surface area (Å²) in [6.07, 6.45) is 4.06. The summed E-state index contributed by atoms with van der Waals surface area (Å²) in [5.74, 6) is 1.16. The molecule has 36 heavy (non-hydrogen) atoms. The lowest BCUT2D eigenvalue weighted by atomic mass is 9.82. The quantitative estimate of drug-likeness (QED) is 0.356. The molecule has 2 aliphatic rings. The fraction of sp³-hybridized carbons (Fsp3) is 0.571. The number of hydrogen-bond acceptors (Lipinski definition) is 6. The average molecular weight is 557 g/mol. The number of aryl methyl sites for hydroxylation is 3. The fourth-order valence-corrected chi connectivity index (χ4v) is 5.93. The van der Waals surface area contributed by atoms with Crippen LogP contribution in [0.1, 0.15) is 72.7 Å². The van der Waals surface area contributed by atoms with Crippen molar-refractivity contribution in [2.24, 2.45) is 11.1 Å². The van der Waals surface area contributed by atoms with Crippen molar-refractivity contribution in [3.8, 4) is 0 Å². The Morgan fingerprint density at radius 3 is 2.19 bits per heavy atom. The van der Waals surface area contributed by atoms with Gasteiger partial charge < -0.3 is 9.74 Å². The number of nitrogens with zero attached hydrogens (tertiary/aromatic N) is 5. The fourth-order valence-electron chi connectivity index (χ4n) is 5.67. The smallest absolute Gasteiger partial charge is 0.257 e. The molecule has 2 aliphatic heterocycles. The number of aromatic nitrogens is 2. The zero-order valence-electron chi connectivity index (χ0n) is 22.2. The van der Waals surface area contributed by atoms with Crippen LogP contribution in [0.5, 0.6) is 0 Å². The molecule has 0 N–H and O–H groups in total. The molecule has 7 nitrogen and oxygen atoms in total. The summed E-state index contributed by atoms with van der Waals surface area (Å²) in [7, 11) is 0. The first-order valence-electron chi connectivity index (χ1n) is 13.0. The molecule has 0 spiro atoms. The van der Waals surface area contributed by atoms with Gasteiger partial charge in [0.25, 0.3) is 5.91 Å². The maximum atomic E-state index is 13.3. The molecule has 0 aliphatic carbocycles. The molecule has 0 radical (unpaired) electrons. The van der Waals surface area contributed by atoms with E-state index in [1.807, 2.05) is 32.6 Å². The standard InChI is InChI=1S/C28H38BrN5O2/c1-6-36-32-26(22-7-9-24(29)10-8-22)23-11-15-34(16-12-23)28(5)13-17-33(18-14-28)27(35)25-19(2)30-21(4)31-20(25)3/h7-10,23H,6,11-18H2,1-5H3/b32-26-. The van der Waals surface area contributed by atoms with Crippen LogP contribution in [-0.4, -0.2) is 69.7 Å². The van der Waals surface area contributed by atoms with E-state index < -0.39 is 0 Å². The van der Waals surface area contributed by atoms with Crippen molar-refractivity contribution < 1.29 is 9.63 Å². The molecule has 0 unspecified atom stereocenters. The van der Waals surface area contributed by atoms with Crippen LogP contribution in [0.3, 0.4) is 0 Å². The van der Waals surface area contributed by atoms with Crippen molar-refractivity contribution in [3.05, 3.63) is 57.1 Å². The summed E-state index contributed by atoms with van der Waals surface area (Å²) in [6, 6.07) is 8.36. The molecule has 0 bridgehead atoms.